The first-order valence-corrected chi connectivity index (χ1v) is 12.3. The van der Waals surface area contributed by atoms with Gasteiger partial charge in [0, 0.05) is 35.1 Å². The Bertz CT molecular complexity index is 1330. The van der Waals surface area contributed by atoms with Crippen molar-refractivity contribution in [2.24, 2.45) is 0 Å². The summed E-state index contributed by atoms with van der Waals surface area (Å²) in [7, 11) is 1.49. The fourth-order valence-electron chi connectivity index (χ4n) is 4.47. The standard InChI is InChI=1S/C28H26Cl2N2O4/c1-4-31(5-2)20-12-9-17(10-13-20)25-24(26(33)18-11-14-23(36-3)22(30)15-18)27(34)28(35)32(25)21-8-6-7-19(29)16-21/h6-16,25,33H,4-5H2,1-3H3/b26-24+. The number of hydrogen-bond donors (Lipinski definition) is 1. The van der Waals surface area contributed by atoms with Crippen LogP contribution in [0.3, 0.4) is 0 Å². The summed E-state index contributed by atoms with van der Waals surface area (Å²) < 4.78 is 5.19. The van der Waals surface area contributed by atoms with Crippen LogP contribution in [0.5, 0.6) is 5.75 Å². The van der Waals surface area contributed by atoms with Crippen molar-refractivity contribution in [3.05, 3.63) is 93.5 Å². The fraction of sp³-hybridized carbons (Fsp3) is 0.214. The molecular formula is C28H26Cl2N2O4. The number of rotatable bonds is 7. The molecule has 3 aromatic carbocycles. The highest BCUT2D eigenvalue weighted by Crippen LogP contribution is 2.43. The highest BCUT2D eigenvalue weighted by atomic mass is 35.5. The van der Waals surface area contributed by atoms with Gasteiger partial charge in [-0.25, -0.2) is 0 Å². The average molecular weight is 525 g/mol. The van der Waals surface area contributed by atoms with Gasteiger partial charge in [0.15, 0.2) is 0 Å². The number of Topliss-reactive ketones (excluding diaryl/α,β-unsaturated/α-hetero) is 1. The van der Waals surface area contributed by atoms with Gasteiger partial charge in [0.05, 0.1) is 23.7 Å². The van der Waals surface area contributed by atoms with Crippen molar-refractivity contribution < 1.29 is 19.4 Å². The van der Waals surface area contributed by atoms with Gasteiger partial charge in [0.25, 0.3) is 11.7 Å². The zero-order valence-electron chi connectivity index (χ0n) is 20.2. The number of methoxy groups -OCH3 is 1. The molecule has 0 aliphatic carbocycles. The number of aliphatic hydroxyl groups is 1. The van der Waals surface area contributed by atoms with Gasteiger partial charge in [-0.05, 0) is 67.9 Å². The number of benzene rings is 3. The zero-order valence-corrected chi connectivity index (χ0v) is 21.7. The minimum atomic E-state index is -0.866. The van der Waals surface area contributed by atoms with Crippen LogP contribution in [0.15, 0.2) is 72.3 Å². The van der Waals surface area contributed by atoms with E-state index in [0.29, 0.717) is 27.6 Å². The molecule has 1 saturated heterocycles. The number of nitrogens with zero attached hydrogens (tertiary/aromatic N) is 2. The van der Waals surface area contributed by atoms with E-state index in [0.717, 1.165) is 18.8 Å². The largest absolute Gasteiger partial charge is 0.507 e. The summed E-state index contributed by atoms with van der Waals surface area (Å²) in [5, 5.41) is 12.0. The molecule has 1 unspecified atom stereocenters. The molecule has 0 spiro atoms. The van der Waals surface area contributed by atoms with Crippen LogP contribution < -0.4 is 14.5 Å². The summed E-state index contributed by atoms with van der Waals surface area (Å²) in [6, 6.07) is 18.2. The normalized spacial score (nSPS) is 16.9. The molecule has 4 rings (SSSR count). The molecule has 1 N–H and O–H groups in total. The van der Waals surface area contributed by atoms with E-state index in [-0.39, 0.29) is 16.4 Å². The van der Waals surface area contributed by atoms with Crippen LogP contribution in [0.2, 0.25) is 10.0 Å². The maximum absolute atomic E-state index is 13.3. The van der Waals surface area contributed by atoms with Crippen molar-refractivity contribution in [2.75, 3.05) is 30.0 Å². The van der Waals surface area contributed by atoms with Gasteiger partial charge < -0.3 is 14.7 Å². The van der Waals surface area contributed by atoms with E-state index in [9.17, 15) is 14.7 Å². The monoisotopic (exact) mass is 524 g/mol. The number of aliphatic hydroxyl groups excluding tert-OH is 1. The Hall–Kier alpha value is -3.48. The van der Waals surface area contributed by atoms with Crippen molar-refractivity contribution in [2.45, 2.75) is 19.9 Å². The van der Waals surface area contributed by atoms with Crippen molar-refractivity contribution in [1.82, 2.24) is 0 Å². The molecule has 6 nitrogen and oxygen atoms in total. The molecule has 1 fully saturated rings. The van der Waals surface area contributed by atoms with Crippen LogP contribution >= 0.6 is 23.2 Å². The number of carbonyl (C=O) groups excluding carboxylic acids is 2. The topological polar surface area (TPSA) is 70.1 Å². The third kappa shape index (κ3) is 4.66. The van der Waals surface area contributed by atoms with Gasteiger partial charge in [-0.15, -0.1) is 0 Å². The van der Waals surface area contributed by atoms with Gasteiger partial charge in [-0.1, -0.05) is 41.4 Å². The summed E-state index contributed by atoms with van der Waals surface area (Å²) >= 11 is 12.5. The number of amides is 1. The first-order chi connectivity index (χ1) is 17.3. The quantitative estimate of drug-likeness (QED) is 0.217. The van der Waals surface area contributed by atoms with Crippen LogP contribution in [-0.4, -0.2) is 37.0 Å². The first kappa shape index (κ1) is 25.6. The lowest BCUT2D eigenvalue weighted by Crippen LogP contribution is -2.29. The predicted octanol–water partition coefficient (Wildman–Crippen LogP) is 6.47. The van der Waals surface area contributed by atoms with Crippen LogP contribution in [0.4, 0.5) is 11.4 Å². The Kier molecular flexibility index (Phi) is 7.57. The molecule has 186 valence electrons. The van der Waals surface area contributed by atoms with Crippen molar-refractivity contribution >= 4 is 52.0 Å². The second-order valence-corrected chi connectivity index (χ2v) is 9.11. The lowest BCUT2D eigenvalue weighted by atomic mass is 9.94. The van der Waals surface area contributed by atoms with E-state index in [1.54, 1.807) is 36.4 Å². The van der Waals surface area contributed by atoms with Crippen LogP contribution in [0.25, 0.3) is 5.76 Å². The van der Waals surface area contributed by atoms with Crippen LogP contribution in [0, 0.1) is 0 Å². The van der Waals surface area contributed by atoms with Gasteiger partial charge in [0.2, 0.25) is 0 Å². The van der Waals surface area contributed by atoms with Crippen molar-refractivity contribution in [3.63, 3.8) is 0 Å². The SMILES string of the molecule is CCN(CC)c1ccc(C2/C(=C(\O)c3ccc(OC)c(Cl)c3)C(=O)C(=O)N2c2cccc(Cl)c2)cc1. The molecule has 36 heavy (non-hydrogen) atoms. The average Bonchev–Trinajstić information content (AvgIpc) is 3.15. The Morgan fingerprint density at radius 3 is 2.28 bits per heavy atom. The van der Waals surface area contributed by atoms with E-state index < -0.39 is 17.7 Å². The smallest absolute Gasteiger partial charge is 0.300 e. The number of ketones is 1. The fourth-order valence-corrected chi connectivity index (χ4v) is 4.91. The highest BCUT2D eigenvalue weighted by molar-refractivity contribution is 6.52. The number of ether oxygens (including phenoxy) is 1. The van der Waals surface area contributed by atoms with Crippen LogP contribution in [-0.2, 0) is 9.59 Å². The van der Waals surface area contributed by atoms with Gasteiger partial charge >= 0.3 is 0 Å². The molecule has 8 heteroatoms. The molecule has 1 aliphatic rings. The zero-order chi connectivity index (χ0) is 26.0. The molecule has 1 atom stereocenters. The summed E-state index contributed by atoms with van der Waals surface area (Å²) in [5.74, 6) is -1.44. The summed E-state index contributed by atoms with van der Waals surface area (Å²) in [6.07, 6.45) is 0. The van der Waals surface area contributed by atoms with E-state index >= 15 is 0 Å². The minimum absolute atomic E-state index is 0.0307. The van der Waals surface area contributed by atoms with Crippen molar-refractivity contribution in [1.29, 1.82) is 0 Å². The molecule has 0 bridgehead atoms. The Morgan fingerprint density at radius 1 is 1.00 bits per heavy atom. The minimum Gasteiger partial charge on any atom is -0.507 e. The molecule has 0 aromatic heterocycles. The molecule has 3 aromatic rings. The molecule has 1 heterocycles. The molecule has 0 radical (unpaired) electrons. The molecular weight excluding hydrogens is 499 g/mol. The Morgan fingerprint density at radius 2 is 1.69 bits per heavy atom. The molecule has 0 saturated carbocycles. The Labute approximate surface area is 220 Å². The second-order valence-electron chi connectivity index (χ2n) is 8.26. The highest BCUT2D eigenvalue weighted by Gasteiger charge is 2.47. The number of hydrogen-bond acceptors (Lipinski definition) is 5. The maximum Gasteiger partial charge on any atom is 0.300 e. The van der Waals surface area contributed by atoms with Crippen molar-refractivity contribution in [3.8, 4) is 5.75 Å². The van der Waals surface area contributed by atoms with E-state index in [2.05, 4.69) is 18.7 Å². The van der Waals surface area contributed by atoms with Crippen LogP contribution in [0.1, 0.15) is 31.0 Å². The second kappa shape index (κ2) is 10.6. The van der Waals surface area contributed by atoms with E-state index in [1.807, 2.05) is 24.3 Å². The summed E-state index contributed by atoms with van der Waals surface area (Å²) in [6.45, 7) is 5.83. The summed E-state index contributed by atoms with van der Waals surface area (Å²) in [5.41, 5.74) is 2.41. The van der Waals surface area contributed by atoms with Gasteiger partial charge in [-0.3, -0.25) is 14.5 Å². The third-order valence-electron chi connectivity index (χ3n) is 6.29. The van der Waals surface area contributed by atoms with Gasteiger partial charge in [-0.2, -0.15) is 0 Å². The number of anilines is 2. The van der Waals surface area contributed by atoms with E-state index in [1.165, 1.54) is 18.1 Å². The lowest BCUT2D eigenvalue weighted by Gasteiger charge is -2.27. The van der Waals surface area contributed by atoms with E-state index in [4.69, 9.17) is 27.9 Å². The third-order valence-corrected chi connectivity index (χ3v) is 6.82. The lowest BCUT2D eigenvalue weighted by molar-refractivity contribution is -0.132. The number of carbonyl (C=O) groups is 2. The molecule has 1 aliphatic heterocycles. The first-order valence-electron chi connectivity index (χ1n) is 11.6. The van der Waals surface area contributed by atoms with Gasteiger partial charge in [0.1, 0.15) is 11.5 Å². The molecule has 1 amide bonds. The Balaban J connectivity index is 1.90. The summed E-state index contributed by atoms with van der Waals surface area (Å²) in [4.78, 5) is 30.2. The maximum atomic E-state index is 13.3. The predicted molar refractivity (Wildman–Crippen MR) is 144 cm³/mol. The number of halogens is 2.